The normalized spacial score (nSPS) is 10.8. The van der Waals surface area contributed by atoms with Crippen molar-refractivity contribution in [2.75, 3.05) is 0 Å². The molecule has 0 aliphatic carbocycles. The Bertz CT molecular complexity index is 412. The third-order valence-corrected chi connectivity index (χ3v) is 3.85. The Balaban J connectivity index is 1.91. The quantitative estimate of drug-likeness (QED) is 0.731. The predicted octanol–water partition coefficient (Wildman–Crippen LogP) is 1.62. The fraction of sp³-hybridized carbons (Fsp3) is 0.625. The minimum absolute atomic E-state index is 0.742. The third-order valence-electron chi connectivity index (χ3n) is 1.99. The van der Waals surface area contributed by atoms with Crippen LogP contribution in [-0.2, 0) is 12.3 Å². The summed E-state index contributed by atoms with van der Waals surface area (Å²) >= 11 is 3.15. The topological polar surface area (TPSA) is 69.4 Å². The molecule has 0 saturated heterocycles. The molecule has 6 nitrogen and oxygen atoms in total. The highest BCUT2D eigenvalue weighted by Gasteiger charge is 2.07. The molecule has 0 saturated carbocycles. The molecule has 0 aliphatic rings. The fourth-order valence-corrected chi connectivity index (χ4v) is 2.58. The van der Waals surface area contributed by atoms with Crippen molar-refractivity contribution < 1.29 is 0 Å². The monoisotopic (exact) mass is 256 g/mol. The van der Waals surface area contributed by atoms with Crippen LogP contribution in [0.15, 0.2) is 9.85 Å². The number of aromatic nitrogens is 6. The van der Waals surface area contributed by atoms with Crippen molar-refractivity contribution in [3.63, 3.8) is 0 Å². The van der Waals surface area contributed by atoms with Crippen LogP contribution in [0, 0.1) is 0 Å². The Kier molecular flexibility index (Phi) is 4.23. The molecule has 0 fully saturated rings. The molecule has 8 heteroatoms. The summed E-state index contributed by atoms with van der Waals surface area (Å²) in [6, 6.07) is 0. The minimum Gasteiger partial charge on any atom is -0.229 e. The molecule has 16 heavy (non-hydrogen) atoms. The van der Waals surface area contributed by atoms with E-state index in [2.05, 4.69) is 32.6 Å². The first-order chi connectivity index (χ1) is 7.90. The lowest BCUT2D eigenvalue weighted by molar-refractivity contribution is 0.540. The second-order valence-electron chi connectivity index (χ2n) is 3.17. The van der Waals surface area contributed by atoms with Gasteiger partial charge in [0.15, 0.2) is 10.2 Å². The zero-order valence-corrected chi connectivity index (χ0v) is 10.5. The van der Waals surface area contributed by atoms with E-state index in [1.165, 1.54) is 11.3 Å². The molecule has 2 aromatic heterocycles. The fourth-order valence-electron chi connectivity index (χ4n) is 1.16. The molecule has 0 bridgehead atoms. The zero-order valence-electron chi connectivity index (χ0n) is 8.91. The van der Waals surface area contributed by atoms with Crippen LogP contribution in [0.4, 0.5) is 0 Å². The SMILES string of the molecule is CCCCn1nnnc1CSc1nncs1. The molecule has 86 valence electrons. The van der Waals surface area contributed by atoms with E-state index < -0.39 is 0 Å². The summed E-state index contributed by atoms with van der Waals surface area (Å²) in [5.74, 6) is 1.64. The molecule has 0 unspecified atom stereocenters. The van der Waals surface area contributed by atoms with E-state index >= 15 is 0 Å². The number of thioether (sulfide) groups is 1. The van der Waals surface area contributed by atoms with Gasteiger partial charge < -0.3 is 0 Å². The van der Waals surface area contributed by atoms with Crippen LogP contribution in [0.2, 0.25) is 0 Å². The number of nitrogens with zero attached hydrogens (tertiary/aromatic N) is 6. The van der Waals surface area contributed by atoms with Gasteiger partial charge in [0.2, 0.25) is 0 Å². The van der Waals surface area contributed by atoms with Gasteiger partial charge in [-0.05, 0) is 16.8 Å². The van der Waals surface area contributed by atoms with E-state index in [9.17, 15) is 0 Å². The third kappa shape index (κ3) is 2.99. The summed E-state index contributed by atoms with van der Waals surface area (Å²) in [7, 11) is 0. The molecule has 0 atom stereocenters. The maximum absolute atomic E-state index is 4.01. The van der Waals surface area contributed by atoms with E-state index in [0.29, 0.717) is 0 Å². The molecule has 0 aromatic carbocycles. The van der Waals surface area contributed by atoms with E-state index in [1.807, 2.05) is 4.68 Å². The highest BCUT2D eigenvalue weighted by molar-refractivity contribution is 8.00. The first-order valence-corrected chi connectivity index (χ1v) is 6.90. The first-order valence-electron chi connectivity index (χ1n) is 5.04. The molecular formula is C8H12N6S2. The van der Waals surface area contributed by atoms with Gasteiger partial charge in [0.25, 0.3) is 0 Å². The number of unbranched alkanes of at least 4 members (excludes halogenated alkanes) is 1. The maximum atomic E-state index is 4.01. The van der Waals surface area contributed by atoms with Gasteiger partial charge in [0.1, 0.15) is 5.51 Å². The lowest BCUT2D eigenvalue weighted by Gasteiger charge is -2.01. The van der Waals surface area contributed by atoms with E-state index in [1.54, 1.807) is 17.3 Å². The lowest BCUT2D eigenvalue weighted by atomic mass is 10.3. The van der Waals surface area contributed by atoms with Gasteiger partial charge in [-0.3, -0.25) is 0 Å². The van der Waals surface area contributed by atoms with Crippen LogP contribution in [0.25, 0.3) is 0 Å². The van der Waals surface area contributed by atoms with Crippen LogP contribution >= 0.6 is 23.1 Å². The van der Waals surface area contributed by atoms with Gasteiger partial charge in [0.05, 0.1) is 5.75 Å². The van der Waals surface area contributed by atoms with Gasteiger partial charge in [-0.1, -0.05) is 36.4 Å². The summed E-state index contributed by atoms with van der Waals surface area (Å²) in [6.45, 7) is 3.04. The van der Waals surface area contributed by atoms with Crippen molar-refractivity contribution in [2.24, 2.45) is 0 Å². The molecular weight excluding hydrogens is 244 g/mol. The van der Waals surface area contributed by atoms with E-state index in [0.717, 1.165) is 35.3 Å². The summed E-state index contributed by atoms with van der Waals surface area (Å²) in [6.07, 6.45) is 2.24. The maximum Gasteiger partial charge on any atom is 0.174 e. The molecule has 0 spiro atoms. The van der Waals surface area contributed by atoms with Gasteiger partial charge in [-0.25, -0.2) is 4.68 Å². The standard InChI is InChI=1S/C8H12N6S2/c1-2-3-4-14-7(10-12-13-14)5-15-8-11-9-6-16-8/h6H,2-5H2,1H3. The predicted molar refractivity (Wildman–Crippen MR) is 62.2 cm³/mol. The largest absolute Gasteiger partial charge is 0.229 e. The summed E-state index contributed by atoms with van der Waals surface area (Å²) in [5, 5.41) is 19.4. The molecule has 2 rings (SSSR count). The number of aryl methyl sites for hydroxylation is 1. The number of hydrogen-bond acceptors (Lipinski definition) is 7. The van der Waals surface area contributed by atoms with Crippen molar-refractivity contribution in [1.82, 2.24) is 30.4 Å². The van der Waals surface area contributed by atoms with Crippen molar-refractivity contribution in [1.29, 1.82) is 0 Å². The minimum atomic E-state index is 0.742. The summed E-state index contributed by atoms with van der Waals surface area (Å²) in [4.78, 5) is 0. The average Bonchev–Trinajstić information content (AvgIpc) is 2.94. The van der Waals surface area contributed by atoms with Gasteiger partial charge in [-0.15, -0.1) is 15.3 Å². The highest BCUT2D eigenvalue weighted by Crippen LogP contribution is 2.22. The Morgan fingerprint density at radius 1 is 1.44 bits per heavy atom. The van der Waals surface area contributed by atoms with Gasteiger partial charge in [0, 0.05) is 6.54 Å². The summed E-state index contributed by atoms with van der Waals surface area (Å²) < 4.78 is 2.81. The highest BCUT2D eigenvalue weighted by atomic mass is 32.2. The number of hydrogen-bond donors (Lipinski definition) is 0. The second-order valence-corrected chi connectivity index (χ2v) is 5.22. The molecule has 0 radical (unpaired) electrons. The smallest absolute Gasteiger partial charge is 0.174 e. The molecule has 0 N–H and O–H groups in total. The number of tetrazole rings is 1. The van der Waals surface area contributed by atoms with Crippen LogP contribution in [0.1, 0.15) is 25.6 Å². The van der Waals surface area contributed by atoms with Crippen molar-refractivity contribution in [3.8, 4) is 0 Å². The molecule has 0 aliphatic heterocycles. The molecule has 0 amide bonds. The number of rotatable bonds is 6. The van der Waals surface area contributed by atoms with Crippen molar-refractivity contribution in [2.45, 2.75) is 36.4 Å². The molecule has 2 aromatic rings. The molecule has 2 heterocycles. The van der Waals surface area contributed by atoms with Crippen LogP contribution < -0.4 is 0 Å². The van der Waals surface area contributed by atoms with Crippen LogP contribution in [0.3, 0.4) is 0 Å². The Hall–Kier alpha value is -1.02. The second kappa shape index (κ2) is 5.90. The average molecular weight is 256 g/mol. The Morgan fingerprint density at radius 3 is 3.12 bits per heavy atom. The van der Waals surface area contributed by atoms with Crippen molar-refractivity contribution in [3.05, 3.63) is 11.3 Å². The van der Waals surface area contributed by atoms with Gasteiger partial charge >= 0.3 is 0 Å². The van der Waals surface area contributed by atoms with Crippen LogP contribution in [0.5, 0.6) is 0 Å². The lowest BCUT2D eigenvalue weighted by Crippen LogP contribution is -2.04. The van der Waals surface area contributed by atoms with E-state index in [4.69, 9.17) is 0 Å². The summed E-state index contributed by atoms with van der Waals surface area (Å²) in [5.41, 5.74) is 1.72. The van der Waals surface area contributed by atoms with Crippen LogP contribution in [-0.4, -0.2) is 30.4 Å². The zero-order chi connectivity index (χ0) is 11.2. The first kappa shape index (κ1) is 11.5. The Morgan fingerprint density at radius 2 is 2.38 bits per heavy atom. The Labute approximate surface area is 101 Å². The van der Waals surface area contributed by atoms with Crippen molar-refractivity contribution >= 4 is 23.1 Å². The van der Waals surface area contributed by atoms with E-state index in [-0.39, 0.29) is 0 Å². The van der Waals surface area contributed by atoms with Gasteiger partial charge in [-0.2, -0.15) is 0 Å².